The highest BCUT2D eigenvalue weighted by Gasteiger charge is 2.27. The van der Waals surface area contributed by atoms with Crippen LogP contribution in [-0.4, -0.2) is 36.6 Å². The number of rotatable bonds is 21. The average molecular weight is 767 g/mol. The van der Waals surface area contributed by atoms with Crippen LogP contribution in [0.5, 0.6) is 0 Å². The quantitative estimate of drug-likeness (QED) is 0.0457. The normalized spacial score (nSPS) is 13.4. The van der Waals surface area contributed by atoms with Crippen molar-refractivity contribution in [3.63, 3.8) is 0 Å². The topological polar surface area (TPSA) is 71.4 Å². The van der Waals surface area contributed by atoms with Gasteiger partial charge >= 0.3 is 5.97 Å². The molecule has 0 spiro atoms. The Hall–Kier alpha value is -5.08. The Bertz CT molecular complexity index is 2060. The van der Waals surface area contributed by atoms with E-state index >= 15 is 0 Å². The Balaban J connectivity index is 1.23. The molecular weight excluding hydrogens is 713 g/mol. The molecule has 0 aliphatic carbocycles. The Labute approximate surface area is 336 Å². The summed E-state index contributed by atoms with van der Waals surface area (Å²) in [4.78, 5) is 22.5. The Morgan fingerprint density at radius 3 is 2.04 bits per heavy atom. The fourth-order valence-corrected chi connectivity index (χ4v) is 7.83. The number of nitrogens with zero attached hydrogens (tertiary/aromatic N) is 2. The third kappa shape index (κ3) is 11.3. The monoisotopic (exact) mass is 766 g/mol. The number of anilines is 3. The fraction of sp³-hybridized carbons (Fsp3) is 0.306. The Morgan fingerprint density at radius 1 is 0.714 bits per heavy atom. The number of hydrogen-bond acceptors (Lipinski definition) is 7. The van der Waals surface area contributed by atoms with E-state index < -0.39 is 5.97 Å². The first-order valence-corrected chi connectivity index (χ1v) is 21.0. The number of thiophene rings is 1. The summed E-state index contributed by atoms with van der Waals surface area (Å²) in [5.74, 6) is -0.413. The molecule has 6 rings (SSSR count). The van der Waals surface area contributed by atoms with Gasteiger partial charge in [0.05, 0.1) is 12.2 Å². The van der Waals surface area contributed by atoms with Gasteiger partial charge in [0.15, 0.2) is 0 Å². The molecule has 1 aromatic heterocycles. The minimum absolute atomic E-state index is 0.156. The molecule has 0 amide bonds. The van der Waals surface area contributed by atoms with Gasteiger partial charge in [0.2, 0.25) is 0 Å². The smallest absolute Gasteiger partial charge is 0.368 e. The first kappa shape index (κ1) is 40.6. The number of aliphatic hydroxyl groups excluding tert-OH is 1. The van der Waals surface area contributed by atoms with Crippen molar-refractivity contribution in [3.05, 3.63) is 152 Å². The minimum atomic E-state index is -0.413. The maximum atomic E-state index is 12.9. The average Bonchev–Trinajstić information content (AvgIpc) is 3.81. The van der Waals surface area contributed by atoms with E-state index in [-0.39, 0.29) is 6.61 Å². The highest BCUT2D eigenvalue weighted by molar-refractivity contribution is 7.14. The standard InChI is InChI=1S/C49H54N2O4S/c1-3-5-7-9-16-41-35-45(56-47(41)36-46-48(50-55-49(46)53)40-14-10-8-11-15-40)30-23-38-19-26-43(27-20-38)51(42-24-17-37(18-25-42)13-6-4-2)44-28-21-39(22-29-44)31-34-54-33-12-32-52/h8,10-11,14-15,17-30,35-36,52H,3-7,9,12-13,16,31-34H2,1-2H3/b30-23+,46-36-. The Kier molecular flexibility index (Phi) is 15.4. The largest absolute Gasteiger partial charge is 0.396 e. The maximum absolute atomic E-state index is 12.9. The van der Waals surface area contributed by atoms with E-state index in [2.05, 4.69) is 115 Å². The summed E-state index contributed by atoms with van der Waals surface area (Å²) < 4.78 is 5.67. The number of aryl methyl sites for hydroxylation is 2. The highest BCUT2D eigenvalue weighted by atomic mass is 32.1. The SMILES string of the molecule is CCCCCCc1cc(/C=C/c2ccc(N(c3ccc(CCCC)cc3)c3ccc(CCOCCCO)cc3)cc2)sc1/C=C1\C(=O)ON=C1c1ccccc1. The molecule has 0 atom stereocenters. The van der Waals surface area contributed by atoms with Gasteiger partial charge in [-0.15, -0.1) is 11.3 Å². The molecule has 56 heavy (non-hydrogen) atoms. The summed E-state index contributed by atoms with van der Waals surface area (Å²) in [6, 6.07) is 38.4. The molecule has 0 saturated carbocycles. The van der Waals surface area contributed by atoms with Crippen LogP contribution in [0, 0.1) is 0 Å². The lowest BCUT2D eigenvalue weighted by Gasteiger charge is -2.26. The highest BCUT2D eigenvalue weighted by Crippen LogP contribution is 2.36. The van der Waals surface area contributed by atoms with Crippen molar-refractivity contribution in [2.45, 2.75) is 78.1 Å². The van der Waals surface area contributed by atoms with E-state index in [4.69, 9.17) is 14.7 Å². The molecule has 7 heteroatoms. The van der Waals surface area contributed by atoms with Crippen LogP contribution in [-0.2, 0) is 33.6 Å². The van der Waals surface area contributed by atoms with Crippen LogP contribution in [0.1, 0.15) is 96.4 Å². The molecule has 1 N–H and O–H groups in total. The summed E-state index contributed by atoms with van der Waals surface area (Å²) in [5, 5.41) is 13.2. The van der Waals surface area contributed by atoms with Gasteiger partial charge in [0, 0.05) is 45.6 Å². The molecule has 1 aliphatic rings. The first-order chi connectivity index (χ1) is 27.6. The van der Waals surface area contributed by atoms with Crippen LogP contribution in [0.15, 0.2) is 120 Å². The number of ether oxygens (including phenoxy) is 1. The first-order valence-electron chi connectivity index (χ1n) is 20.2. The van der Waals surface area contributed by atoms with Gasteiger partial charge in [0.25, 0.3) is 0 Å². The molecule has 6 nitrogen and oxygen atoms in total. The number of unbranched alkanes of at least 4 members (excludes halogenated alkanes) is 4. The summed E-state index contributed by atoms with van der Waals surface area (Å²) >= 11 is 1.69. The number of carbonyl (C=O) groups is 1. The molecule has 0 fully saturated rings. The summed E-state index contributed by atoms with van der Waals surface area (Å²) in [7, 11) is 0. The molecule has 4 aromatic carbocycles. The summed E-state index contributed by atoms with van der Waals surface area (Å²) in [5.41, 5.74) is 10.2. The van der Waals surface area contributed by atoms with Gasteiger partial charge in [-0.3, -0.25) is 0 Å². The zero-order chi connectivity index (χ0) is 39.0. The lowest BCUT2D eigenvalue weighted by atomic mass is 10.0. The lowest BCUT2D eigenvalue weighted by Crippen LogP contribution is -2.10. The predicted octanol–water partition coefficient (Wildman–Crippen LogP) is 12.1. The molecule has 0 saturated heterocycles. The van der Waals surface area contributed by atoms with Gasteiger partial charge in [-0.25, -0.2) is 4.79 Å². The number of hydrogen-bond donors (Lipinski definition) is 1. The van der Waals surface area contributed by atoms with Crippen molar-refractivity contribution >= 4 is 58.3 Å². The number of carbonyl (C=O) groups excluding carboxylic acids is 1. The van der Waals surface area contributed by atoms with Crippen LogP contribution < -0.4 is 4.90 Å². The molecular formula is C49H54N2O4S. The van der Waals surface area contributed by atoms with Gasteiger partial charge in [0.1, 0.15) is 5.71 Å². The van der Waals surface area contributed by atoms with E-state index in [1.807, 2.05) is 36.4 Å². The van der Waals surface area contributed by atoms with Crippen molar-refractivity contribution in [2.24, 2.45) is 5.16 Å². The molecule has 0 radical (unpaired) electrons. The molecule has 0 unspecified atom stereocenters. The van der Waals surface area contributed by atoms with Crippen LogP contribution in [0.4, 0.5) is 17.1 Å². The number of oxime groups is 1. The predicted molar refractivity (Wildman–Crippen MR) is 234 cm³/mol. The van der Waals surface area contributed by atoms with Crippen molar-refractivity contribution in [1.29, 1.82) is 0 Å². The van der Waals surface area contributed by atoms with Crippen molar-refractivity contribution < 1.29 is 19.5 Å². The minimum Gasteiger partial charge on any atom is -0.396 e. The van der Waals surface area contributed by atoms with Crippen molar-refractivity contribution in [1.82, 2.24) is 0 Å². The third-order valence-electron chi connectivity index (χ3n) is 9.96. The second-order valence-corrected chi connectivity index (χ2v) is 15.3. The van der Waals surface area contributed by atoms with Gasteiger partial charge < -0.3 is 19.6 Å². The van der Waals surface area contributed by atoms with Gasteiger partial charge in [-0.2, -0.15) is 0 Å². The Morgan fingerprint density at radius 2 is 1.38 bits per heavy atom. The van der Waals surface area contributed by atoms with Gasteiger partial charge in [-0.1, -0.05) is 117 Å². The zero-order valence-corrected chi connectivity index (χ0v) is 33.6. The number of aliphatic hydroxyl groups is 1. The van der Waals surface area contributed by atoms with Crippen LogP contribution in [0.3, 0.4) is 0 Å². The van der Waals surface area contributed by atoms with Crippen molar-refractivity contribution in [3.8, 4) is 0 Å². The molecule has 0 bridgehead atoms. The third-order valence-corrected chi connectivity index (χ3v) is 11.0. The molecule has 290 valence electrons. The lowest BCUT2D eigenvalue weighted by molar-refractivity contribution is -0.136. The van der Waals surface area contributed by atoms with Gasteiger partial charge in [-0.05, 0) is 115 Å². The van der Waals surface area contributed by atoms with E-state index in [0.29, 0.717) is 30.9 Å². The van der Waals surface area contributed by atoms with Crippen LogP contribution in [0.2, 0.25) is 0 Å². The number of benzene rings is 4. The molecule has 1 aliphatic heterocycles. The second-order valence-electron chi connectivity index (χ2n) is 14.2. The summed E-state index contributed by atoms with van der Waals surface area (Å²) in [6.45, 7) is 5.84. The van der Waals surface area contributed by atoms with Crippen molar-refractivity contribution in [2.75, 3.05) is 24.7 Å². The van der Waals surface area contributed by atoms with Crippen LogP contribution >= 0.6 is 11.3 Å². The molecule has 2 heterocycles. The van der Waals surface area contributed by atoms with Crippen LogP contribution in [0.25, 0.3) is 18.2 Å². The fourth-order valence-electron chi connectivity index (χ4n) is 6.77. The second kappa shape index (κ2) is 21.3. The van der Waals surface area contributed by atoms with E-state index in [0.717, 1.165) is 63.6 Å². The molecule has 5 aromatic rings. The van der Waals surface area contributed by atoms with E-state index in [1.165, 1.54) is 48.8 Å². The maximum Gasteiger partial charge on any atom is 0.368 e. The zero-order valence-electron chi connectivity index (χ0n) is 32.8. The van der Waals surface area contributed by atoms with E-state index in [1.54, 1.807) is 11.3 Å². The summed E-state index contributed by atoms with van der Waals surface area (Å²) in [6.07, 6.45) is 16.9. The van der Waals surface area contributed by atoms with E-state index in [9.17, 15) is 4.79 Å².